The van der Waals surface area contributed by atoms with E-state index >= 15 is 0 Å². The normalized spacial score (nSPS) is 12.6. The molecule has 150 valence electrons. The number of thiophene rings is 1. The fourth-order valence-electron chi connectivity index (χ4n) is 2.53. The number of halogens is 4. The molecule has 0 saturated carbocycles. The molecular formula is C19H11F4NO4S. The second-order valence-electron chi connectivity index (χ2n) is 5.59. The van der Waals surface area contributed by atoms with Gasteiger partial charge in [0.15, 0.2) is 23.3 Å². The lowest BCUT2D eigenvalue weighted by molar-refractivity contribution is 0.0693. The molecule has 1 aromatic heterocycles. The molecule has 29 heavy (non-hydrogen) atoms. The van der Waals surface area contributed by atoms with Gasteiger partial charge < -0.3 is 15.2 Å². The van der Waals surface area contributed by atoms with E-state index in [4.69, 9.17) is 9.22 Å². The van der Waals surface area contributed by atoms with Crippen LogP contribution >= 0.6 is 11.3 Å². The van der Waals surface area contributed by atoms with E-state index < -0.39 is 70.1 Å². The van der Waals surface area contributed by atoms with Gasteiger partial charge in [0, 0.05) is 10.8 Å². The van der Waals surface area contributed by atoms with E-state index in [1.54, 1.807) is 5.32 Å². The number of ether oxygens (including phenoxy) is 1. The number of carbonyl (C=O) groups excluding carboxylic acids is 1. The summed E-state index contributed by atoms with van der Waals surface area (Å²) in [6.07, 6.45) is 0. The Kier molecular flexibility index (Phi) is 4.52. The number of anilines is 1. The second kappa shape index (κ2) is 7.92. The average molecular weight is 428 g/mol. The highest BCUT2D eigenvalue weighted by atomic mass is 32.1. The van der Waals surface area contributed by atoms with Crippen molar-refractivity contribution in [1.82, 2.24) is 0 Å². The monoisotopic (exact) mass is 428 g/mol. The Balaban J connectivity index is 2.04. The van der Waals surface area contributed by atoms with Gasteiger partial charge in [-0.3, -0.25) is 4.79 Å². The molecule has 0 radical (unpaired) electrons. The molecule has 0 aliphatic rings. The smallest absolute Gasteiger partial charge is 0.337 e. The van der Waals surface area contributed by atoms with E-state index in [0.29, 0.717) is 0 Å². The topological polar surface area (TPSA) is 75.6 Å². The van der Waals surface area contributed by atoms with Crippen molar-refractivity contribution < 1.29 is 41.1 Å². The van der Waals surface area contributed by atoms with Crippen molar-refractivity contribution in [3.63, 3.8) is 0 Å². The zero-order valence-corrected chi connectivity index (χ0v) is 14.9. The van der Waals surface area contributed by atoms with Crippen LogP contribution in [-0.2, 0) is 0 Å². The molecule has 3 aromatic rings. The SMILES string of the molecule is [2H]C([2H])([2H])Oc1cccc(-c2c(F)c(F)c(NC(=O)c3cscc3C(=O)O)c(F)c2F)c1. The van der Waals surface area contributed by atoms with Crippen LogP contribution in [0.5, 0.6) is 5.75 Å². The van der Waals surface area contributed by atoms with Crippen LogP contribution in [0.1, 0.15) is 24.8 Å². The molecule has 0 aliphatic heterocycles. The summed E-state index contributed by atoms with van der Waals surface area (Å²) in [5, 5.41) is 12.9. The summed E-state index contributed by atoms with van der Waals surface area (Å²) in [6, 6.07) is 4.25. The van der Waals surface area contributed by atoms with Gasteiger partial charge in [-0.25, -0.2) is 22.4 Å². The number of methoxy groups -OCH3 is 1. The molecule has 3 rings (SSSR count). The molecule has 1 heterocycles. The molecule has 0 fully saturated rings. The molecule has 2 aromatic carbocycles. The fourth-order valence-corrected chi connectivity index (χ4v) is 3.33. The molecule has 10 heteroatoms. The zero-order valence-electron chi connectivity index (χ0n) is 17.1. The standard InChI is InChI=1S/C19H11F4NO4S/c1-28-9-4-2-3-8(5-9)12-13(20)15(22)17(16(23)14(12)21)24-18(25)10-6-29-7-11(10)19(26)27/h2-7H,1H3,(H,24,25)(H,26,27)/i1D3. The van der Waals surface area contributed by atoms with Crippen molar-refractivity contribution in [1.29, 1.82) is 0 Å². The maximum atomic E-state index is 14.7. The molecule has 2 N–H and O–H groups in total. The van der Waals surface area contributed by atoms with Crippen LogP contribution in [0.4, 0.5) is 23.2 Å². The maximum Gasteiger partial charge on any atom is 0.337 e. The Morgan fingerprint density at radius 1 is 1.07 bits per heavy atom. The maximum absolute atomic E-state index is 14.7. The van der Waals surface area contributed by atoms with Crippen LogP contribution < -0.4 is 10.1 Å². The molecule has 0 unspecified atom stereocenters. The minimum Gasteiger partial charge on any atom is -0.497 e. The first kappa shape index (κ1) is 16.5. The van der Waals surface area contributed by atoms with Crippen molar-refractivity contribution in [2.75, 3.05) is 12.4 Å². The highest BCUT2D eigenvalue weighted by Gasteiger charge is 2.28. The predicted molar refractivity (Wildman–Crippen MR) is 97.5 cm³/mol. The van der Waals surface area contributed by atoms with Crippen molar-refractivity contribution >= 4 is 28.9 Å². The minimum absolute atomic E-state index is 0.335. The molecule has 0 atom stereocenters. The summed E-state index contributed by atoms with van der Waals surface area (Å²) in [4.78, 5) is 23.4. The van der Waals surface area contributed by atoms with Crippen molar-refractivity contribution in [2.45, 2.75) is 0 Å². The van der Waals surface area contributed by atoms with Crippen molar-refractivity contribution in [3.8, 4) is 16.9 Å². The first-order chi connectivity index (χ1) is 14.9. The number of aromatic carboxylic acids is 1. The van der Waals surface area contributed by atoms with Gasteiger partial charge in [-0.2, -0.15) is 11.3 Å². The van der Waals surface area contributed by atoms with E-state index in [0.717, 1.165) is 46.4 Å². The number of nitrogens with one attached hydrogen (secondary N) is 1. The third-order valence-corrected chi connectivity index (χ3v) is 4.62. The predicted octanol–water partition coefficient (Wildman–Crippen LogP) is 4.93. The van der Waals surface area contributed by atoms with Crippen LogP contribution in [0.2, 0.25) is 0 Å². The number of hydrogen-bond donors (Lipinski definition) is 2. The average Bonchev–Trinajstić information content (AvgIpc) is 3.19. The first-order valence-corrected chi connectivity index (χ1v) is 8.61. The molecule has 0 aliphatic carbocycles. The van der Waals surface area contributed by atoms with Gasteiger partial charge in [0.05, 0.1) is 27.8 Å². The number of carboxylic acids is 1. The molecule has 0 spiro atoms. The zero-order chi connectivity index (χ0) is 23.8. The van der Waals surface area contributed by atoms with Crippen LogP contribution in [0.25, 0.3) is 11.1 Å². The van der Waals surface area contributed by atoms with E-state index in [1.807, 2.05) is 0 Å². The van der Waals surface area contributed by atoms with E-state index in [9.17, 15) is 27.2 Å². The van der Waals surface area contributed by atoms with Gasteiger partial charge in [0.25, 0.3) is 5.91 Å². The molecule has 1 amide bonds. The summed E-state index contributed by atoms with van der Waals surface area (Å²) < 4.78 is 84.3. The van der Waals surface area contributed by atoms with E-state index in [2.05, 4.69) is 4.74 Å². The number of rotatable bonds is 5. The fraction of sp³-hybridized carbons (Fsp3) is 0.0526. The van der Waals surface area contributed by atoms with Gasteiger partial charge in [-0.05, 0) is 17.7 Å². The van der Waals surface area contributed by atoms with Gasteiger partial charge in [-0.15, -0.1) is 0 Å². The Labute approximate surface area is 169 Å². The summed E-state index contributed by atoms with van der Waals surface area (Å²) >= 11 is 0.824. The van der Waals surface area contributed by atoms with E-state index in [1.165, 1.54) is 0 Å². The summed E-state index contributed by atoms with van der Waals surface area (Å²) in [5.41, 5.74) is -3.96. The number of amides is 1. The quantitative estimate of drug-likeness (QED) is 0.446. The summed E-state index contributed by atoms with van der Waals surface area (Å²) in [5.74, 6) is -10.7. The molecule has 0 saturated heterocycles. The van der Waals surface area contributed by atoms with Crippen LogP contribution in [0, 0.1) is 23.3 Å². The van der Waals surface area contributed by atoms with E-state index in [-0.39, 0.29) is 5.75 Å². The number of carboxylic acid groups (broad SMARTS) is 1. The van der Waals surface area contributed by atoms with Gasteiger partial charge in [-0.1, -0.05) is 12.1 Å². The third kappa shape index (κ3) is 3.66. The second-order valence-corrected chi connectivity index (χ2v) is 6.34. The number of hydrogen-bond acceptors (Lipinski definition) is 4. The van der Waals surface area contributed by atoms with Gasteiger partial charge >= 0.3 is 5.97 Å². The van der Waals surface area contributed by atoms with Crippen LogP contribution in [-0.4, -0.2) is 24.0 Å². The summed E-state index contributed by atoms with van der Waals surface area (Å²) in [6.45, 7) is 0. The molecule has 5 nitrogen and oxygen atoms in total. The highest BCUT2D eigenvalue weighted by molar-refractivity contribution is 7.08. The number of benzene rings is 2. The Hall–Kier alpha value is -3.40. The largest absolute Gasteiger partial charge is 0.497 e. The highest BCUT2D eigenvalue weighted by Crippen LogP contribution is 2.36. The van der Waals surface area contributed by atoms with Crippen molar-refractivity contribution in [3.05, 3.63) is 69.4 Å². The molecule has 0 bridgehead atoms. The number of carbonyl (C=O) groups is 2. The minimum atomic E-state index is -2.88. The Morgan fingerprint density at radius 3 is 2.34 bits per heavy atom. The van der Waals surface area contributed by atoms with Gasteiger partial charge in [0.2, 0.25) is 0 Å². The third-order valence-electron chi connectivity index (χ3n) is 3.88. The van der Waals surface area contributed by atoms with Crippen LogP contribution in [0.15, 0.2) is 35.0 Å². The Bertz CT molecular complexity index is 1200. The van der Waals surface area contributed by atoms with Crippen molar-refractivity contribution in [2.24, 2.45) is 0 Å². The lowest BCUT2D eigenvalue weighted by atomic mass is 10.0. The van der Waals surface area contributed by atoms with Gasteiger partial charge in [0.1, 0.15) is 11.4 Å². The summed E-state index contributed by atoms with van der Waals surface area (Å²) in [7, 11) is -2.88. The lowest BCUT2D eigenvalue weighted by Gasteiger charge is -2.13. The van der Waals surface area contributed by atoms with Crippen LogP contribution in [0.3, 0.4) is 0 Å². The molecular weight excluding hydrogens is 414 g/mol. The first-order valence-electron chi connectivity index (χ1n) is 9.17. The Morgan fingerprint density at radius 2 is 1.72 bits per heavy atom. The lowest BCUT2D eigenvalue weighted by Crippen LogP contribution is -2.18.